The summed E-state index contributed by atoms with van der Waals surface area (Å²) < 4.78 is 33.7. The molecule has 1 atom stereocenters. The van der Waals surface area contributed by atoms with E-state index in [9.17, 15) is 9.18 Å². The van der Waals surface area contributed by atoms with Gasteiger partial charge in [-0.05, 0) is 65.2 Å². The highest BCUT2D eigenvalue weighted by Crippen LogP contribution is 2.43. The smallest absolute Gasteiger partial charge is 0.255 e. The highest BCUT2D eigenvalue weighted by molar-refractivity contribution is 9.10. The van der Waals surface area contributed by atoms with Gasteiger partial charge in [0.1, 0.15) is 24.2 Å². The molecule has 1 aliphatic heterocycles. The van der Waals surface area contributed by atoms with Crippen LogP contribution >= 0.6 is 27.7 Å². The SMILES string of the molecule is CCCSc1nc2n(n1)C(c1cc(Br)c(OCc3ccccc3F)c(OC)c1)C(C(=O)Nc1ccccc1OC)=C(C)N2. The van der Waals surface area contributed by atoms with E-state index in [1.165, 1.54) is 13.2 Å². The largest absolute Gasteiger partial charge is 0.495 e. The molecule has 1 amide bonds. The van der Waals surface area contributed by atoms with Crippen molar-refractivity contribution in [3.05, 3.63) is 93.4 Å². The molecule has 0 radical (unpaired) electrons. The molecule has 4 aromatic rings. The number of ether oxygens (including phenoxy) is 3. The molecule has 1 aromatic heterocycles. The van der Waals surface area contributed by atoms with E-state index >= 15 is 0 Å². The molecule has 0 bridgehead atoms. The predicted molar refractivity (Wildman–Crippen MR) is 169 cm³/mol. The summed E-state index contributed by atoms with van der Waals surface area (Å²) in [6, 6.07) is 16.6. The normalized spacial score (nSPS) is 14.1. The zero-order valence-electron chi connectivity index (χ0n) is 24.1. The van der Waals surface area contributed by atoms with Crippen molar-refractivity contribution in [2.24, 2.45) is 0 Å². The maximum Gasteiger partial charge on any atom is 0.255 e. The van der Waals surface area contributed by atoms with Gasteiger partial charge in [0, 0.05) is 17.0 Å². The van der Waals surface area contributed by atoms with Crippen molar-refractivity contribution in [2.75, 3.05) is 30.6 Å². The molecule has 5 rings (SSSR count). The van der Waals surface area contributed by atoms with Crippen LogP contribution in [0.5, 0.6) is 17.2 Å². The average Bonchev–Trinajstić information content (AvgIpc) is 3.41. The third-order valence-corrected chi connectivity index (χ3v) is 8.40. The Morgan fingerprint density at radius 2 is 1.86 bits per heavy atom. The first kappa shape index (κ1) is 30.4. The van der Waals surface area contributed by atoms with Crippen molar-refractivity contribution in [3.8, 4) is 17.2 Å². The summed E-state index contributed by atoms with van der Waals surface area (Å²) in [5, 5.41) is 11.6. The number of anilines is 2. The first-order valence-corrected chi connectivity index (χ1v) is 15.4. The number of hydrogen-bond donors (Lipinski definition) is 2. The summed E-state index contributed by atoms with van der Waals surface area (Å²) >= 11 is 5.17. The zero-order valence-corrected chi connectivity index (χ0v) is 26.5. The van der Waals surface area contributed by atoms with Crippen LogP contribution in [0.25, 0.3) is 0 Å². The van der Waals surface area contributed by atoms with Gasteiger partial charge in [-0.1, -0.05) is 49.0 Å². The zero-order chi connectivity index (χ0) is 30.5. The molecule has 12 heteroatoms. The molecule has 3 aromatic carbocycles. The third kappa shape index (κ3) is 6.50. The number of nitrogens with zero attached hydrogens (tertiary/aromatic N) is 3. The second-order valence-electron chi connectivity index (χ2n) is 9.65. The van der Waals surface area contributed by atoms with E-state index in [2.05, 4.69) is 38.5 Å². The van der Waals surface area contributed by atoms with E-state index < -0.39 is 6.04 Å². The molecule has 9 nitrogen and oxygen atoms in total. The van der Waals surface area contributed by atoms with Crippen LogP contribution in [0.3, 0.4) is 0 Å². The molecule has 2 heterocycles. The Morgan fingerprint density at radius 1 is 1.12 bits per heavy atom. The monoisotopic (exact) mass is 667 g/mol. The Bertz CT molecular complexity index is 1680. The fourth-order valence-corrected chi connectivity index (χ4v) is 5.99. The molecular weight excluding hydrogens is 637 g/mol. The van der Waals surface area contributed by atoms with Gasteiger partial charge in [-0.3, -0.25) is 4.79 Å². The van der Waals surface area contributed by atoms with Gasteiger partial charge < -0.3 is 24.8 Å². The minimum absolute atomic E-state index is 0.00510. The number of fused-ring (bicyclic) bond motifs is 1. The number of hydrogen-bond acceptors (Lipinski definition) is 8. The number of methoxy groups -OCH3 is 2. The van der Waals surface area contributed by atoms with Gasteiger partial charge in [0.05, 0.1) is 30.0 Å². The summed E-state index contributed by atoms with van der Waals surface area (Å²) in [6.07, 6.45) is 0.966. The van der Waals surface area contributed by atoms with E-state index in [-0.39, 0.29) is 18.3 Å². The van der Waals surface area contributed by atoms with Crippen molar-refractivity contribution >= 4 is 45.2 Å². The average molecular weight is 669 g/mol. The maximum absolute atomic E-state index is 14.3. The fraction of sp³-hybridized carbons (Fsp3) is 0.258. The van der Waals surface area contributed by atoms with Crippen molar-refractivity contribution in [1.29, 1.82) is 0 Å². The highest BCUT2D eigenvalue weighted by Gasteiger charge is 2.35. The second kappa shape index (κ2) is 13.5. The molecule has 0 saturated heterocycles. The number of amides is 1. The summed E-state index contributed by atoms with van der Waals surface area (Å²) in [7, 11) is 3.08. The van der Waals surface area contributed by atoms with Crippen LogP contribution in [0, 0.1) is 5.82 Å². The molecule has 2 N–H and O–H groups in total. The maximum atomic E-state index is 14.3. The van der Waals surface area contributed by atoms with Gasteiger partial charge in [-0.2, -0.15) is 4.98 Å². The Morgan fingerprint density at radius 3 is 2.60 bits per heavy atom. The summed E-state index contributed by atoms with van der Waals surface area (Å²) in [5.41, 5.74) is 2.71. The van der Waals surface area contributed by atoms with Crippen LogP contribution in [0.1, 0.15) is 37.4 Å². The number of nitrogens with one attached hydrogen (secondary N) is 2. The van der Waals surface area contributed by atoms with Crippen molar-refractivity contribution < 1.29 is 23.4 Å². The Kier molecular flexibility index (Phi) is 9.56. The minimum atomic E-state index is -0.666. The first-order valence-electron chi connectivity index (χ1n) is 13.6. The van der Waals surface area contributed by atoms with Gasteiger partial charge in [-0.15, -0.1) is 5.10 Å². The number of thioether (sulfide) groups is 1. The van der Waals surface area contributed by atoms with Crippen LogP contribution in [-0.4, -0.2) is 40.6 Å². The lowest BCUT2D eigenvalue weighted by Crippen LogP contribution is -2.31. The van der Waals surface area contributed by atoms with Crippen LogP contribution in [0.2, 0.25) is 0 Å². The quantitative estimate of drug-likeness (QED) is 0.162. The molecule has 0 aliphatic carbocycles. The van der Waals surface area contributed by atoms with Crippen molar-refractivity contribution in [1.82, 2.24) is 14.8 Å². The number of allylic oxidation sites excluding steroid dienone is 1. The molecule has 43 heavy (non-hydrogen) atoms. The summed E-state index contributed by atoms with van der Waals surface area (Å²) in [6.45, 7) is 3.93. The first-order chi connectivity index (χ1) is 20.8. The highest BCUT2D eigenvalue weighted by atomic mass is 79.9. The molecule has 0 fully saturated rings. The van der Waals surface area contributed by atoms with Crippen LogP contribution in [-0.2, 0) is 11.4 Å². The lowest BCUT2D eigenvalue weighted by molar-refractivity contribution is -0.113. The lowest BCUT2D eigenvalue weighted by atomic mass is 9.94. The molecule has 0 saturated carbocycles. The topological polar surface area (TPSA) is 99.5 Å². The van der Waals surface area contributed by atoms with E-state index in [0.717, 1.165) is 12.2 Å². The molecule has 1 aliphatic rings. The molecule has 1 unspecified atom stereocenters. The number of benzene rings is 3. The standard InChI is InChI=1S/C31H31BrFN5O4S/c1-5-14-43-31-36-30-34-18(2)26(29(39)35-23-12-8-9-13-24(23)40-3)27(38(30)37-31)20-15-21(32)28(25(16-20)41-4)42-17-19-10-6-7-11-22(19)33/h6-13,15-16,27H,5,14,17H2,1-4H3,(H,35,39)(H,34,36,37). The number of aromatic nitrogens is 3. The molecular formula is C31H31BrFN5O4S. The number of carbonyl (C=O) groups is 1. The van der Waals surface area contributed by atoms with Gasteiger partial charge in [0.25, 0.3) is 5.91 Å². The Labute approximate surface area is 262 Å². The number of halogens is 2. The van der Waals surface area contributed by atoms with Gasteiger partial charge in [0.15, 0.2) is 11.5 Å². The van der Waals surface area contributed by atoms with Gasteiger partial charge in [-0.25, -0.2) is 9.07 Å². The second-order valence-corrected chi connectivity index (χ2v) is 11.6. The lowest BCUT2D eigenvalue weighted by Gasteiger charge is -2.29. The minimum Gasteiger partial charge on any atom is -0.495 e. The third-order valence-electron chi connectivity index (χ3n) is 6.77. The van der Waals surface area contributed by atoms with Gasteiger partial charge in [0.2, 0.25) is 11.1 Å². The van der Waals surface area contributed by atoms with E-state index in [4.69, 9.17) is 19.3 Å². The van der Waals surface area contributed by atoms with E-state index in [1.807, 2.05) is 25.1 Å². The van der Waals surface area contributed by atoms with Crippen LogP contribution in [0.15, 0.2) is 81.6 Å². The van der Waals surface area contributed by atoms with E-state index in [1.54, 1.807) is 60.0 Å². The summed E-state index contributed by atoms with van der Waals surface area (Å²) in [4.78, 5) is 18.7. The fourth-order valence-electron chi connectivity index (χ4n) is 4.73. The van der Waals surface area contributed by atoms with Crippen molar-refractivity contribution in [3.63, 3.8) is 0 Å². The number of carbonyl (C=O) groups excluding carboxylic acids is 1. The van der Waals surface area contributed by atoms with Gasteiger partial charge >= 0.3 is 0 Å². The summed E-state index contributed by atoms with van der Waals surface area (Å²) in [5.74, 6) is 2.03. The van der Waals surface area contributed by atoms with Crippen molar-refractivity contribution in [2.45, 2.75) is 38.1 Å². The molecule has 0 spiro atoms. The Hall–Kier alpha value is -4.03. The van der Waals surface area contributed by atoms with E-state index in [0.29, 0.717) is 60.9 Å². The number of para-hydroxylation sites is 2. The molecule has 224 valence electrons. The number of rotatable bonds is 11. The Balaban J connectivity index is 1.56. The predicted octanol–water partition coefficient (Wildman–Crippen LogP) is 7.21. The van der Waals surface area contributed by atoms with Crippen LogP contribution in [0.4, 0.5) is 16.0 Å². The van der Waals surface area contributed by atoms with Crippen LogP contribution < -0.4 is 24.8 Å².